The van der Waals surface area contributed by atoms with Crippen LogP contribution in [0.3, 0.4) is 0 Å². The van der Waals surface area contributed by atoms with Crippen LogP contribution in [0, 0.1) is 0 Å². The normalized spacial score (nSPS) is 9.78. The van der Waals surface area contributed by atoms with Crippen LogP contribution in [0.5, 0.6) is 0 Å². The number of hydrogen-bond donors (Lipinski definition) is 0. The van der Waals surface area contributed by atoms with Gasteiger partial charge in [0.2, 0.25) is 0 Å². The van der Waals surface area contributed by atoms with Gasteiger partial charge >= 0.3 is 458 Å². The summed E-state index contributed by atoms with van der Waals surface area (Å²) in [5.41, 5.74) is 0. The van der Waals surface area contributed by atoms with E-state index in [1.54, 1.807) is 0 Å². The van der Waals surface area contributed by atoms with Crippen LogP contribution < -0.4 is 0 Å². The predicted molar refractivity (Wildman–Crippen MR) is 371 cm³/mol. The molecule has 0 heterocycles. The van der Waals surface area contributed by atoms with Crippen LogP contribution in [0.25, 0.3) is 0 Å². The van der Waals surface area contributed by atoms with E-state index in [9.17, 15) is 0 Å². The molecule has 0 spiro atoms. The molecule has 0 N–H and O–H groups in total. The molecule has 0 aliphatic heterocycles. The Morgan fingerprint density at radius 2 is 0.385 bits per heavy atom. The van der Waals surface area contributed by atoms with Crippen molar-refractivity contribution in [3.63, 3.8) is 0 Å². The average molecular weight is 706 g/mol. The van der Waals surface area contributed by atoms with Gasteiger partial charge < -0.3 is 0 Å². The van der Waals surface area contributed by atoms with Gasteiger partial charge in [0.05, 0.1) is 0 Å². The minimum absolute atomic E-state index is 1.11. The van der Waals surface area contributed by atoms with Crippen molar-refractivity contribution in [1.29, 1.82) is 0 Å². The average Bonchev–Trinajstić information content (AvgIpc) is 3.10. The molecule has 1 nitrogen and oxygen atoms in total. The third kappa shape index (κ3) is 19.6. The van der Waals surface area contributed by atoms with E-state index >= 15 is 0 Å². The summed E-state index contributed by atoms with van der Waals surface area (Å²) in [5.74, 6) is 0. The van der Waals surface area contributed by atoms with Crippen LogP contribution in [0.1, 0.15) is 0 Å². The van der Waals surface area contributed by atoms with Gasteiger partial charge in [-0.25, -0.2) is 0 Å². The summed E-state index contributed by atoms with van der Waals surface area (Å²) in [7, 11) is 209. The van der Waals surface area contributed by atoms with Gasteiger partial charge in [0.15, 0.2) is 0 Å². The van der Waals surface area contributed by atoms with E-state index in [1.807, 2.05) is 0 Å². The molecule has 0 aromatic rings. The maximum atomic E-state index is 6.69. The fourth-order valence-electron chi connectivity index (χ4n) is 10.4. The topological polar surface area (TPSA) is 12.4 Å². The molecule has 65 radical (unpaired) electrons. The molecule has 0 aromatic heterocycles. The summed E-state index contributed by atoms with van der Waals surface area (Å²) in [5, 5.41) is 0. The molecule has 0 aliphatic carbocycles. The predicted octanol–water partition coefficient (Wildman–Crippen LogP) is -24.2. The fourth-order valence-corrected chi connectivity index (χ4v) is 10.4. The van der Waals surface area contributed by atoms with E-state index in [1.165, 1.54) is 6.96 Å². The summed E-state index contributed by atoms with van der Waals surface area (Å²) >= 11 is 0. The molecule has 0 aliphatic rings. The van der Waals surface area contributed by atoms with Gasteiger partial charge in [-0.05, 0) is 0 Å². The zero-order valence-corrected chi connectivity index (χ0v) is 37.4. The Labute approximate surface area is 454 Å². The molecule has 65 heteroatoms. The van der Waals surface area contributed by atoms with E-state index in [0.717, 1.165) is 7.06 Å². The van der Waals surface area contributed by atoms with Gasteiger partial charge in [0.25, 0.3) is 0 Å². The first-order valence-electron chi connectivity index (χ1n) is 21.2. The Hall–Kier alpha value is 3.96. The molecule has 0 amide bonds. The Balaban J connectivity index is 10.2. The van der Waals surface area contributed by atoms with Crippen molar-refractivity contribution in [2.45, 2.75) is 0 Å². The zero-order chi connectivity index (χ0) is 51.4. The van der Waals surface area contributed by atoms with E-state index < -0.39 is 192 Å². The molecular formula is B64N. The van der Waals surface area contributed by atoms with Crippen LogP contribution in [0.4, 0.5) is 0 Å². The molecule has 0 bridgehead atoms. The van der Waals surface area contributed by atoms with Gasteiger partial charge in [-0.2, -0.15) is 0 Å². The first-order chi connectivity index (χ1) is 29.7. The molecular weight excluding hydrogens is 706 g/mol. The van der Waals surface area contributed by atoms with Crippen molar-refractivity contribution in [3.8, 4) is 0 Å². The van der Waals surface area contributed by atoms with Crippen molar-refractivity contribution in [2.24, 2.45) is 4.81 Å². The van der Waals surface area contributed by atoms with E-state index in [-0.39, 0.29) is 0 Å². The second kappa shape index (κ2) is 32.4. The molecule has 0 rings (SSSR count). The molecule has 197 valence electrons. The Morgan fingerprint density at radius 3 is 0.554 bits per heavy atom. The molecule has 0 fully saturated rings. The summed E-state index contributed by atoms with van der Waals surface area (Å²) < 4.78 is 0. The van der Waals surface area contributed by atoms with Crippen molar-refractivity contribution in [2.75, 3.05) is 0 Å². The first kappa shape index (κ1) is 69.0. The third-order valence-corrected chi connectivity index (χ3v) is 13.0. The van der Waals surface area contributed by atoms with Gasteiger partial charge in [-0.1, -0.05) is 0 Å². The zero-order valence-electron chi connectivity index (χ0n) is 37.4. The van der Waals surface area contributed by atoms with Crippen molar-refractivity contribution in [3.05, 3.63) is 0 Å². The van der Waals surface area contributed by atoms with Crippen LogP contribution in [-0.4, -0.2) is 453 Å². The maximum absolute atomic E-state index is 6.69. The Bertz CT molecular complexity index is 1080. The van der Waals surface area contributed by atoms with Gasteiger partial charge in [-0.3, -0.25) is 0 Å². The number of hydrogen-bond acceptors (Lipinski definition) is 1. The summed E-state index contributed by atoms with van der Waals surface area (Å²) in [4.78, 5) is 5.28. The number of rotatable bonds is 31. The van der Waals surface area contributed by atoms with E-state index in [0.29, 0.717) is 0 Å². The van der Waals surface area contributed by atoms with Crippen LogP contribution >= 0.6 is 0 Å². The molecule has 0 aromatic carbocycles. The molecule has 0 unspecified atom stereocenters. The second-order valence-corrected chi connectivity index (χ2v) is 17.7. The van der Waals surface area contributed by atoms with Gasteiger partial charge in [0.1, 0.15) is 0 Å². The Kier molecular flexibility index (Phi) is 34.4. The molecule has 65 heavy (non-hydrogen) atoms. The monoisotopic (exact) mass is 719 g/mol. The van der Waals surface area contributed by atoms with Crippen LogP contribution in [0.15, 0.2) is 4.81 Å². The van der Waals surface area contributed by atoms with Crippen molar-refractivity contribution >= 4 is 453 Å². The van der Waals surface area contributed by atoms with Crippen molar-refractivity contribution in [1.82, 2.24) is 0 Å². The second-order valence-electron chi connectivity index (χ2n) is 17.7. The molecule has 0 saturated heterocycles. The summed E-state index contributed by atoms with van der Waals surface area (Å²) in [6.07, 6.45) is -38.8. The third-order valence-electron chi connectivity index (χ3n) is 13.0. The minimum atomic E-state index is -1.52. The molecule has 0 saturated carbocycles. The van der Waals surface area contributed by atoms with Gasteiger partial charge in [-0.15, -0.1) is 0 Å². The summed E-state index contributed by atoms with van der Waals surface area (Å²) in [6, 6.07) is 0. The fraction of sp³-hybridized carbons (Fsp3) is 0. The Morgan fingerprint density at radius 1 is 0.215 bits per heavy atom. The van der Waals surface area contributed by atoms with Crippen molar-refractivity contribution < 1.29 is 0 Å². The number of nitrogens with zero attached hydrogens (tertiary/aromatic N) is 1. The summed E-state index contributed by atoms with van der Waals surface area (Å²) in [6.45, 7) is -0.200. The van der Waals surface area contributed by atoms with Crippen LogP contribution in [0.2, 0.25) is 0 Å². The quantitative estimate of drug-likeness (QED) is 0.0637. The van der Waals surface area contributed by atoms with Crippen LogP contribution in [-0.2, 0) is 0 Å². The first-order valence-corrected chi connectivity index (χ1v) is 21.2. The van der Waals surface area contributed by atoms with Gasteiger partial charge in [0, 0.05) is 0 Å². The van der Waals surface area contributed by atoms with E-state index in [2.05, 4.69) is 0 Å². The van der Waals surface area contributed by atoms with E-state index in [4.69, 9.17) is 252 Å². The molecule has 0 atom stereocenters. The SMILES string of the molecule is [B][B]B([B])B(B([B])[B])B(B(N=BB(B(B(B([B])[B])B([B])[B])B(B([B])[B])B([B])[B])B(B(B([B])[B])B([B])[B])B(B([B])[B])B([B])[B])B(B(B([B])[B])B([B])[B])B(B([B])[B])B([B])[B])B(B([B])[B])B([B])[B]. The standard InChI is InChI=1S/B64N/c1-33-50(32)59(49(30)31)63(58(47(26)27)48(28)29)64(62(56(43(18)19)44(20)21)57(45(22)23)46(24)25)65-34-51(60(52(35(2)3)36(4)5)53(37(6)7)38(8)9)61(54(39(10)11)40(12)13)55(41(14)15)42(16)17.